The molecule has 0 saturated heterocycles. The maximum absolute atomic E-state index is 5.80. The van der Waals surface area contributed by atoms with Crippen molar-refractivity contribution < 1.29 is 4.68 Å². The molecule has 0 aromatic carbocycles. The first-order valence-corrected chi connectivity index (χ1v) is 5.32. The third-order valence-corrected chi connectivity index (χ3v) is 2.63. The van der Waals surface area contributed by atoms with Crippen LogP contribution in [0.5, 0.6) is 0 Å². The SMILES string of the molecule is CCn1c(S)n[n+](C)c1-c1nccnc1N. The molecule has 2 aromatic heterocycles. The van der Waals surface area contributed by atoms with Crippen LogP contribution in [0.3, 0.4) is 0 Å². The Balaban J connectivity index is 2.69. The zero-order valence-electron chi connectivity index (χ0n) is 9.12. The molecule has 0 unspecified atom stereocenters. The number of anilines is 1. The van der Waals surface area contributed by atoms with Crippen LogP contribution in [0, 0.1) is 0 Å². The molecular weight excluding hydrogens is 224 g/mol. The summed E-state index contributed by atoms with van der Waals surface area (Å²) in [6, 6.07) is 0. The zero-order chi connectivity index (χ0) is 11.7. The Hall–Kier alpha value is -1.63. The zero-order valence-corrected chi connectivity index (χ0v) is 10.0. The normalized spacial score (nSPS) is 10.7. The van der Waals surface area contributed by atoms with Gasteiger partial charge in [-0.1, -0.05) is 12.6 Å². The third kappa shape index (κ3) is 1.63. The van der Waals surface area contributed by atoms with Crippen molar-refractivity contribution in [2.75, 3.05) is 5.73 Å². The lowest BCUT2D eigenvalue weighted by atomic mass is 10.3. The molecule has 2 rings (SSSR count). The number of hydrogen-bond acceptors (Lipinski definition) is 5. The molecule has 0 saturated carbocycles. The van der Waals surface area contributed by atoms with Gasteiger partial charge in [0.2, 0.25) is 0 Å². The van der Waals surface area contributed by atoms with E-state index in [4.69, 9.17) is 5.73 Å². The Morgan fingerprint density at radius 2 is 2.12 bits per heavy atom. The second-order valence-electron chi connectivity index (χ2n) is 3.28. The van der Waals surface area contributed by atoms with E-state index >= 15 is 0 Å². The van der Waals surface area contributed by atoms with Gasteiger partial charge in [0.25, 0.3) is 5.16 Å². The monoisotopic (exact) mass is 237 g/mol. The second-order valence-corrected chi connectivity index (χ2v) is 3.68. The van der Waals surface area contributed by atoms with Crippen molar-refractivity contribution in [2.24, 2.45) is 7.05 Å². The van der Waals surface area contributed by atoms with E-state index in [1.54, 1.807) is 17.1 Å². The summed E-state index contributed by atoms with van der Waals surface area (Å²) in [6.07, 6.45) is 3.17. The Bertz CT molecular complexity index is 521. The van der Waals surface area contributed by atoms with E-state index < -0.39 is 0 Å². The number of nitrogens with two attached hydrogens (primary N) is 1. The maximum atomic E-state index is 5.80. The van der Waals surface area contributed by atoms with Crippen molar-refractivity contribution in [1.82, 2.24) is 19.6 Å². The Labute approximate surface area is 98.6 Å². The molecule has 0 aliphatic heterocycles. The van der Waals surface area contributed by atoms with Crippen LogP contribution in [0.4, 0.5) is 5.82 Å². The molecule has 6 nitrogen and oxygen atoms in total. The van der Waals surface area contributed by atoms with Crippen LogP contribution in [0.25, 0.3) is 11.5 Å². The fourth-order valence-corrected chi connectivity index (χ4v) is 1.97. The highest BCUT2D eigenvalue weighted by Crippen LogP contribution is 2.19. The molecule has 0 radical (unpaired) electrons. The maximum Gasteiger partial charge on any atom is 0.334 e. The summed E-state index contributed by atoms with van der Waals surface area (Å²) >= 11 is 4.29. The van der Waals surface area contributed by atoms with Gasteiger partial charge in [0.15, 0.2) is 11.5 Å². The van der Waals surface area contributed by atoms with E-state index in [0.29, 0.717) is 16.7 Å². The molecule has 0 fully saturated rings. The third-order valence-electron chi connectivity index (χ3n) is 2.30. The first kappa shape index (κ1) is 10.9. The quantitative estimate of drug-likeness (QED) is 0.572. The van der Waals surface area contributed by atoms with Gasteiger partial charge in [-0.3, -0.25) is 0 Å². The predicted octanol–water partition coefficient (Wildman–Crippen LogP) is 0.0554. The topological polar surface area (TPSA) is 73.5 Å². The van der Waals surface area contributed by atoms with Crippen molar-refractivity contribution in [3.05, 3.63) is 12.4 Å². The standard InChI is InChI=1S/C9H12N6S/c1-3-15-8(14(2)13-9(15)16)6-7(10)12-5-4-11-6/h4-5,10H,3H2,1-2H3,(H,13,16)/p+1. The number of hydrogen-bond donors (Lipinski definition) is 2. The number of aryl methyl sites for hydroxylation is 1. The van der Waals surface area contributed by atoms with E-state index in [1.807, 2.05) is 18.5 Å². The van der Waals surface area contributed by atoms with Crippen LogP contribution >= 0.6 is 12.6 Å². The van der Waals surface area contributed by atoms with Gasteiger partial charge in [0, 0.05) is 12.4 Å². The summed E-state index contributed by atoms with van der Waals surface area (Å²) in [6.45, 7) is 2.76. The summed E-state index contributed by atoms with van der Waals surface area (Å²) in [7, 11) is 1.83. The van der Waals surface area contributed by atoms with E-state index in [0.717, 1.165) is 12.4 Å². The van der Waals surface area contributed by atoms with Crippen molar-refractivity contribution in [2.45, 2.75) is 18.6 Å². The molecule has 0 amide bonds. The number of nitrogen functional groups attached to an aromatic ring is 1. The van der Waals surface area contributed by atoms with E-state index in [2.05, 4.69) is 27.7 Å². The van der Waals surface area contributed by atoms with Crippen molar-refractivity contribution in [3.63, 3.8) is 0 Å². The second kappa shape index (κ2) is 4.09. The van der Waals surface area contributed by atoms with Gasteiger partial charge >= 0.3 is 5.82 Å². The lowest BCUT2D eigenvalue weighted by molar-refractivity contribution is -0.720. The molecular formula is C9H13N6S+. The predicted molar refractivity (Wildman–Crippen MR) is 61.8 cm³/mol. The van der Waals surface area contributed by atoms with E-state index in [9.17, 15) is 0 Å². The number of nitrogens with zero attached hydrogens (tertiary/aromatic N) is 5. The smallest absolute Gasteiger partial charge is 0.334 e. The van der Waals surface area contributed by atoms with Crippen LogP contribution < -0.4 is 10.4 Å². The first-order chi connectivity index (χ1) is 7.65. The van der Waals surface area contributed by atoms with Gasteiger partial charge in [-0.25, -0.2) is 9.97 Å². The van der Waals surface area contributed by atoms with Crippen molar-refractivity contribution >= 4 is 18.4 Å². The average Bonchev–Trinajstić information content (AvgIpc) is 2.54. The molecule has 0 spiro atoms. The van der Waals surface area contributed by atoms with Crippen LogP contribution in [-0.2, 0) is 13.6 Å². The fourth-order valence-electron chi connectivity index (χ4n) is 1.60. The summed E-state index contributed by atoms with van der Waals surface area (Å²) in [5.41, 5.74) is 6.43. The Morgan fingerprint density at radius 1 is 1.44 bits per heavy atom. The fraction of sp³-hybridized carbons (Fsp3) is 0.333. The number of rotatable bonds is 2. The van der Waals surface area contributed by atoms with Gasteiger partial charge in [0.1, 0.15) is 7.05 Å². The van der Waals surface area contributed by atoms with E-state index in [1.165, 1.54) is 0 Å². The van der Waals surface area contributed by atoms with Crippen LogP contribution in [0.1, 0.15) is 6.92 Å². The summed E-state index contributed by atoms with van der Waals surface area (Å²) in [4.78, 5) is 8.25. The molecule has 7 heteroatoms. The Morgan fingerprint density at radius 3 is 2.75 bits per heavy atom. The van der Waals surface area contributed by atoms with Gasteiger partial charge < -0.3 is 5.73 Å². The number of aromatic nitrogens is 5. The highest BCUT2D eigenvalue weighted by atomic mass is 32.1. The van der Waals surface area contributed by atoms with Crippen LogP contribution in [-0.4, -0.2) is 19.6 Å². The minimum absolute atomic E-state index is 0.390. The summed E-state index contributed by atoms with van der Waals surface area (Å²) < 4.78 is 3.62. The number of thiol groups is 1. The lowest BCUT2D eigenvalue weighted by Gasteiger charge is -2.00. The van der Waals surface area contributed by atoms with Gasteiger partial charge in [-0.15, -0.1) is 4.68 Å². The molecule has 0 atom stereocenters. The molecule has 2 heterocycles. The highest BCUT2D eigenvalue weighted by Gasteiger charge is 2.25. The highest BCUT2D eigenvalue weighted by molar-refractivity contribution is 7.80. The first-order valence-electron chi connectivity index (χ1n) is 4.87. The van der Waals surface area contributed by atoms with Gasteiger partial charge in [0.05, 0.1) is 6.54 Å². The summed E-state index contributed by atoms with van der Waals surface area (Å²) in [5, 5.41) is 4.85. The molecule has 2 aromatic rings. The van der Waals surface area contributed by atoms with Crippen molar-refractivity contribution in [3.8, 4) is 11.5 Å². The minimum atomic E-state index is 0.390. The van der Waals surface area contributed by atoms with Crippen LogP contribution in [0.2, 0.25) is 0 Å². The van der Waals surface area contributed by atoms with E-state index in [-0.39, 0.29) is 0 Å². The van der Waals surface area contributed by atoms with Crippen LogP contribution in [0.15, 0.2) is 17.6 Å². The van der Waals surface area contributed by atoms with Crippen molar-refractivity contribution in [1.29, 1.82) is 0 Å². The van der Waals surface area contributed by atoms with Gasteiger partial charge in [-0.2, -0.15) is 4.57 Å². The molecule has 16 heavy (non-hydrogen) atoms. The molecule has 0 aliphatic rings. The molecule has 2 N–H and O–H groups in total. The molecule has 84 valence electrons. The molecule has 0 bridgehead atoms. The minimum Gasteiger partial charge on any atom is -0.382 e. The Kier molecular flexibility index (Phi) is 2.78. The largest absolute Gasteiger partial charge is 0.382 e. The summed E-state index contributed by atoms with van der Waals surface area (Å²) in [5.74, 6) is 1.19. The molecule has 0 aliphatic carbocycles. The lowest BCUT2D eigenvalue weighted by Crippen LogP contribution is -2.33. The van der Waals surface area contributed by atoms with Gasteiger partial charge in [-0.05, 0) is 12.0 Å². The average molecular weight is 237 g/mol.